The standard InChI is InChI=1S/C18H29N3O.2ClH/c1-5-20(14(2)3)13-16-6-8-17(9-7-16)18(22)21-11-10-19-12-15(21)4;;/h6-9,14-15,19H,5,10-13H2,1-4H3;2*1H/t15-;;/m1../s1. The zero-order valence-electron chi connectivity index (χ0n) is 15.1. The summed E-state index contributed by atoms with van der Waals surface area (Å²) in [5.74, 6) is 0.150. The highest BCUT2D eigenvalue weighted by atomic mass is 35.5. The fraction of sp³-hybridized carbons (Fsp3) is 0.611. The number of nitrogens with one attached hydrogen (secondary N) is 1. The van der Waals surface area contributed by atoms with Crippen LogP contribution in [0.2, 0.25) is 0 Å². The molecule has 1 aromatic rings. The van der Waals surface area contributed by atoms with Crippen molar-refractivity contribution >= 4 is 30.7 Å². The lowest BCUT2D eigenvalue weighted by Gasteiger charge is -2.34. The third kappa shape index (κ3) is 5.92. The van der Waals surface area contributed by atoms with Crippen LogP contribution in [-0.2, 0) is 6.54 Å². The number of hydrogen-bond donors (Lipinski definition) is 1. The smallest absolute Gasteiger partial charge is 0.254 e. The van der Waals surface area contributed by atoms with Crippen LogP contribution < -0.4 is 5.32 Å². The fourth-order valence-electron chi connectivity index (χ4n) is 2.96. The van der Waals surface area contributed by atoms with Crippen LogP contribution in [-0.4, -0.2) is 54.0 Å². The lowest BCUT2D eigenvalue weighted by molar-refractivity contribution is 0.0655. The molecule has 0 bridgehead atoms. The van der Waals surface area contributed by atoms with Crippen LogP contribution >= 0.6 is 24.8 Å². The van der Waals surface area contributed by atoms with Crippen LogP contribution in [0.5, 0.6) is 0 Å². The van der Waals surface area contributed by atoms with Crippen molar-refractivity contribution < 1.29 is 4.79 Å². The number of carbonyl (C=O) groups is 1. The molecule has 0 spiro atoms. The van der Waals surface area contributed by atoms with Crippen molar-refractivity contribution in [1.82, 2.24) is 15.1 Å². The first-order chi connectivity index (χ1) is 10.5. The van der Waals surface area contributed by atoms with Crippen LogP contribution in [0.1, 0.15) is 43.6 Å². The van der Waals surface area contributed by atoms with E-state index in [0.717, 1.165) is 38.3 Å². The van der Waals surface area contributed by atoms with Crippen molar-refractivity contribution in [2.75, 3.05) is 26.2 Å². The molecule has 138 valence electrons. The molecule has 1 aliphatic heterocycles. The summed E-state index contributed by atoms with van der Waals surface area (Å²) in [6, 6.07) is 8.92. The maximum atomic E-state index is 12.6. The van der Waals surface area contributed by atoms with E-state index in [1.807, 2.05) is 17.0 Å². The molecule has 1 amide bonds. The number of amides is 1. The van der Waals surface area contributed by atoms with Gasteiger partial charge in [-0.15, -0.1) is 24.8 Å². The number of carbonyl (C=O) groups excluding carboxylic acids is 1. The molecule has 1 aliphatic rings. The third-order valence-corrected chi connectivity index (χ3v) is 4.49. The van der Waals surface area contributed by atoms with Gasteiger partial charge in [-0.25, -0.2) is 0 Å². The highest BCUT2D eigenvalue weighted by Gasteiger charge is 2.23. The Kier molecular flexibility index (Phi) is 10.6. The largest absolute Gasteiger partial charge is 0.333 e. The summed E-state index contributed by atoms with van der Waals surface area (Å²) in [6.45, 7) is 13.2. The molecular formula is C18H31Cl2N3O. The summed E-state index contributed by atoms with van der Waals surface area (Å²) in [6.07, 6.45) is 0. The molecular weight excluding hydrogens is 345 g/mol. The molecule has 24 heavy (non-hydrogen) atoms. The molecule has 6 heteroatoms. The lowest BCUT2D eigenvalue weighted by atomic mass is 10.1. The molecule has 0 aliphatic carbocycles. The highest BCUT2D eigenvalue weighted by molar-refractivity contribution is 5.94. The number of hydrogen-bond acceptors (Lipinski definition) is 3. The van der Waals surface area contributed by atoms with E-state index >= 15 is 0 Å². The van der Waals surface area contributed by atoms with Gasteiger partial charge in [-0.1, -0.05) is 19.1 Å². The summed E-state index contributed by atoms with van der Waals surface area (Å²) in [7, 11) is 0. The van der Waals surface area contributed by atoms with E-state index in [1.165, 1.54) is 5.56 Å². The van der Waals surface area contributed by atoms with E-state index in [1.54, 1.807) is 0 Å². The Morgan fingerprint density at radius 2 is 1.92 bits per heavy atom. The van der Waals surface area contributed by atoms with Crippen LogP contribution in [0.25, 0.3) is 0 Å². The normalized spacial score (nSPS) is 17.4. The molecule has 1 aromatic carbocycles. The summed E-state index contributed by atoms with van der Waals surface area (Å²) >= 11 is 0. The van der Waals surface area contributed by atoms with E-state index in [2.05, 4.69) is 50.0 Å². The Labute approximate surface area is 158 Å². The van der Waals surface area contributed by atoms with Gasteiger partial charge in [0.05, 0.1) is 0 Å². The zero-order valence-corrected chi connectivity index (χ0v) is 16.8. The molecule has 1 saturated heterocycles. The Balaban J connectivity index is 0.00000264. The third-order valence-electron chi connectivity index (χ3n) is 4.49. The minimum Gasteiger partial charge on any atom is -0.333 e. The summed E-state index contributed by atoms with van der Waals surface area (Å²) < 4.78 is 0. The van der Waals surface area contributed by atoms with Crippen molar-refractivity contribution in [2.24, 2.45) is 0 Å². The van der Waals surface area contributed by atoms with Gasteiger partial charge in [0.2, 0.25) is 0 Å². The van der Waals surface area contributed by atoms with Crippen LogP contribution in [0.4, 0.5) is 0 Å². The summed E-state index contributed by atoms with van der Waals surface area (Å²) in [5.41, 5.74) is 2.06. The Bertz CT molecular complexity index is 494. The molecule has 0 aromatic heterocycles. The predicted octanol–water partition coefficient (Wildman–Crippen LogP) is 3.19. The first kappa shape index (κ1) is 23.2. The topological polar surface area (TPSA) is 35.6 Å². The quantitative estimate of drug-likeness (QED) is 0.857. The van der Waals surface area contributed by atoms with Gasteiger partial charge in [-0.2, -0.15) is 0 Å². The average molecular weight is 376 g/mol. The number of rotatable bonds is 5. The van der Waals surface area contributed by atoms with Gasteiger partial charge < -0.3 is 10.2 Å². The SMILES string of the molecule is CCN(Cc1ccc(C(=O)N2CCNC[C@H]2C)cc1)C(C)C.Cl.Cl. The Morgan fingerprint density at radius 1 is 1.29 bits per heavy atom. The molecule has 1 N–H and O–H groups in total. The number of benzene rings is 1. The minimum atomic E-state index is 0. The lowest BCUT2D eigenvalue weighted by Crippen LogP contribution is -2.52. The second-order valence-electron chi connectivity index (χ2n) is 6.41. The van der Waals surface area contributed by atoms with Crippen molar-refractivity contribution in [1.29, 1.82) is 0 Å². The fourth-order valence-corrected chi connectivity index (χ4v) is 2.96. The molecule has 0 radical (unpaired) electrons. The zero-order chi connectivity index (χ0) is 16.1. The average Bonchev–Trinajstić information content (AvgIpc) is 2.52. The maximum absolute atomic E-state index is 12.6. The van der Waals surface area contributed by atoms with Gasteiger partial charge in [0.1, 0.15) is 0 Å². The van der Waals surface area contributed by atoms with E-state index < -0.39 is 0 Å². The molecule has 1 fully saturated rings. The monoisotopic (exact) mass is 375 g/mol. The highest BCUT2D eigenvalue weighted by Crippen LogP contribution is 2.13. The van der Waals surface area contributed by atoms with Gasteiger partial charge in [-0.3, -0.25) is 9.69 Å². The van der Waals surface area contributed by atoms with Crippen molar-refractivity contribution in [3.63, 3.8) is 0 Å². The number of piperazine rings is 1. The Morgan fingerprint density at radius 3 is 2.42 bits per heavy atom. The number of nitrogens with zero attached hydrogens (tertiary/aromatic N) is 2. The molecule has 0 saturated carbocycles. The van der Waals surface area contributed by atoms with E-state index in [9.17, 15) is 4.79 Å². The second kappa shape index (κ2) is 10.9. The number of halogens is 2. The van der Waals surface area contributed by atoms with Gasteiger partial charge in [0, 0.05) is 43.8 Å². The van der Waals surface area contributed by atoms with Crippen molar-refractivity contribution in [3.8, 4) is 0 Å². The first-order valence-corrected chi connectivity index (χ1v) is 8.37. The molecule has 2 rings (SSSR count). The van der Waals surface area contributed by atoms with Crippen LogP contribution in [0.15, 0.2) is 24.3 Å². The maximum Gasteiger partial charge on any atom is 0.254 e. The molecule has 1 atom stereocenters. The van der Waals surface area contributed by atoms with Gasteiger partial charge >= 0.3 is 0 Å². The summed E-state index contributed by atoms with van der Waals surface area (Å²) in [5, 5.41) is 3.32. The summed E-state index contributed by atoms with van der Waals surface area (Å²) in [4.78, 5) is 17.0. The minimum absolute atomic E-state index is 0. The van der Waals surface area contributed by atoms with Crippen LogP contribution in [0.3, 0.4) is 0 Å². The van der Waals surface area contributed by atoms with Gasteiger partial charge in [-0.05, 0) is 45.0 Å². The van der Waals surface area contributed by atoms with Crippen molar-refractivity contribution in [3.05, 3.63) is 35.4 Å². The molecule has 0 unspecified atom stereocenters. The Hall–Kier alpha value is -0.810. The van der Waals surface area contributed by atoms with Gasteiger partial charge in [0.25, 0.3) is 5.91 Å². The second-order valence-corrected chi connectivity index (χ2v) is 6.41. The molecule has 4 nitrogen and oxygen atoms in total. The first-order valence-electron chi connectivity index (χ1n) is 8.37. The van der Waals surface area contributed by atoms with Gasteiger partial charge in [0.15, 0.2) is 0 Å². The molecule has 1 heterocycles. The van der Waals surface area contributed by atoms with E-state index in [0.29, 0.717) is 6.04 Å². The van der Waals surface area contributed by atoms with E-state index in [4.69, 9.17) is 0 Å². The van der Waals surface area contributed by atoms with E-state index in [-0.39, 0.29) is 36.8 Å². The van der Waals surface area contributed by atoms with Crippen LogP contribution in [0, 0.1) is 0 Å². The predicted molar refractivity (Wildman–Crippen MR) is 106 cm³/mol. The van der Waals surface area contributed by atoms with Crippen molar-refractivity contribution in [2.45, 2.75) is 46.3 Å².